The highest BCUT2D eigenvalue weighted by atomic mass is 35.5. The summed E-state index contributed by atoms with van der Waals surface area (Å²) in [4.78, 5) is 34.0. The molecular formula is C16H19ClN6O3. The van der Waals surface area contributed by atoms with Gasteiger partial charge in [0.15, 0.2) is 5.82 Å². The van der Waals surface area contributed by atoms with Crippen LogP contribution in [0.4, 0.5) is 0 Å². The number of piperazine rings is 1. The van der Waals surface area contributed by atoms with Crippen LogP contribution in [0.3, 0.4) is 0 Å². The summed E-state index contributed by atoms with van der Waals surface area (Å²) >= 11 is 0. The van der Waals surface area contributed by atoms with Gasteiger partial charge in [0.25, 0.3) is 5.56 Å². The van der Waals surface area contributed by atoms with Crippen LogP contribution in [0.2, 0.25) is 0 Å². The molecule has 0 amide bonds. The SMILES string of the molecule is CN1CCNCC1c1noc(Cn2c(=O)[nH]c3ccccc3c2=O)n1.Cl. The molecule has 26 heavy (non-hydrogen) atoms. The highest BCUT2D eigenvalue weighted by Gasteiger charge is 2.25. The fourth-order valence-electron chi connectivity index (χ4n) is 3.04. The number of hydrogen-bond donors (Lipinski definition) is 2. The Morgan fingerprint density at radius 1 is 1.31 bits per heavy atom. The molecule has 2 N–H and O–H groups in total. The predicted octanol–water partition coefficient (Wildman–Crippen LogP) is 0.119. The third-order valence-corrected chi connectivity index (χ3v) is 4.48. The Kier molecular flexibility index (Phi) is 5.21. The number of H-pyrrole nitrogens is 1. The molecule has 0 bridgehead atoms. The molecular weight excluding hydrogens is 360 g/mol. The molecule has 3 aromatic rings. The van der Waals surface area contributed by atoms with E-state index in [0.717, 1.165) is 24.2 Å². The fraction of sp³-hybridized carbons (Fsp3) is 0.375. The second kappa shape index (κ2) is 7.40. The highest BCUT2D eigenvalue weighted by Crippen LogP contribution is 2.17. The molecule has 1 aliphatic heterocycles. The zero-order chi connectivity index (χ0) is 17.4. The maximum Gasteiger partial charge on any atom is 0.329 e. The Bertz CT molecular complexity index is 1030. The van der Waals surface area contributed by atoms with Crippen LogP contribution in [0.15, 0.2) is 38.4 Å². The summed E-state index contributed by atoms with van der Waals surface area (Å²) in [6.07, 6.45) is 0. The van der Waals surface area contributed by atoms with E-state index in [1.54, 1.807) is 24.3 Å². The van der Waals surface area contributed by atoms with Crippen molar-refractivity contribution >= 4 is 23.3 Å². The Balaban J connectivity index is 0.00000196. The predicted molar refractivity (Wildman–Crippen MR) is 97.7 cm³/mol. The van der Waals surface area contributed by atoms with Gasteiger partial charge in [-0.2, -0.15) is 4.98 Å². The van der Waals surface area contributed by atoms with Gasteiger partial charge in [-0.25, -0.2) is 4.79 Å². The van der Waals surface area contributed by atoms with Gasteiger partial charge in [0.05, 0.1) is 16.9 Å². The van der Waals surface area contributed by atoms with E-state index < -0.39 is 5.69 Å². The lowest BCUT2D eigenvalue weighted by molar-refractivity contribution is 0.190. The molecule has 3 heterocycles. The summed E-state index contributed by atoms with van der Waals surface area (Å²) in [6.45, 7) is 2.47. The van der Waals surface area contributed by atoms with Gasteiger partial charge in [-0.3, -0.25) is 14.3 Å². The molecule has 1 unspecified atom stereocenters. The first-order chi connectivity index (χ1) is 12.1. The first-order valence-corrected chi connectivity index (χ1v) is 8.09. The molecule has 0 spiro atoms. The van der Waals surface area contributed by atoms with E-state index in [2.05, 4.69) is 25.3 Å². The lowest BCUT2D eigenvalue weighted by Gasteiger charge is -2.30. The molecule has 10 heteroatoms. The number of nitrogens with zero attached hydrogens (tertiary/aromatic N) is 4. The van der Waals surface area contributed by atoms with Crippen molar-refractivity contribution in [2.24, 2.45) is 0 Å². The smallest absolute Gasteiger partial charge is 0.329 e. The summed E-state index contributed by atoms with van der Waals surface area (Å²) in [7, 11) is 2.00. The van der Waals surface area contributed by atoms with Gasteiger partial charge in [0, 0.05) is 19.6 Å². The van der Waals surface area contributed by atoms with E-state index in [0.29, 0.717) is 16.7 Å². The lowest BCUT2D eigenvalue weighted by Crippen LogP contribution is -2.44. The third-order valence-electron chi connectivity index (χ3n) is 4.48. The van der Waals surface area contributed by atoms with Crippen molar-refractivity contribution in [2.45, 2.75) is 12.6 Å². The molecule has 9 nitrogen and oxygen atoms in total. The summed E-state index contributed by atoms with van der Waals surface area (Å²) in [6, 6.07) is 6.90. The van der Waals surface area contributed by atoms with Gasteiger partial charge in [-0.05, 0) is 19.2 Å². The van der Waals surface area contributed by atoms with E-state index in [1.807, 2.05) is 7.05 Å². The molecule has 138 valence electrons. The Labute approximate surface area is 154 Å². The zero-order valence-corrected chi connectivity index (χ0v) is 15.0. The standard InChI is InChI=1S/C16H18N6O3.ClH/c1-21-7-6-17-8-12(21)14-19-13(25-20-14)9-22-15(23)10-4-2-3-5-11(10)18-16(22)24;/h2-5,12,17H,6-9H2,1H3,(H,18,24);1H. The number of aromatic amines is 1. The molecule has 1 atom stereocenters. The van der Waals surface area contributed by atoms with E-state index in [-0.39, 0.29) is 36.4 Å². The van der Waals surface area contributed by atoms with Crippen LogP contribution in [0.1, 0.15) is 17.8 Å². The first kappa shape index (κ1) is 18.3. The van der Waals surface area contributed by atoms with Crippen molar-refractivity contribution in [3.05, 3.63) is 56.8 Å². The minimum absolute atomic E-state index is 0. The second-order valence-electron chi connectivity index (χ2n) is 6.11. The first-order valence-electron chi connectivity index (χ1n) is 8.09. The average Bonchev–Trinajstić information content (AvgIpc) is 3.07. The van der Waals surface area contributed by atoms with Crippen LogP contribution in [-0.2, 0) is 6.54 Å². The number of rotatable bonds is 3. The van der Waals surface area contributed by atoms with Gasteiger partial charge >= 0.3 is 5.69 Å². The largest absolute Gasteiger partial charge is 0.337 e. The fourth-order valence-corrected chi connectivity index (χ4v) is 3.04. The maximum atomic E-state index is 12.5. The summed E-state index contributed by atoms with van der Waals surface area (Å²) in [5.41, 5.74) is -0.370. The van der Waals surface area contributed by atoms with Crippen LogP contribution in [0, 0.1) is 0 Å². The van der Waals surface area contributed by atoms with Crippen LogP contribution in [0.25, 0.3) is 10.9 Å². The number of halogens is 1. The topological polar surface area (TPSA) is 109 Å². The molecule has 0 saturated carbocycles. The molecule has 2 aromatic heterocycles. The number of para-hydroxylation sites is 1. The van der Waals surface area contributed by atoms with Gasteiger partial charge < -0.3 is 14.8 Å². The molecule has 1 saturated heterocycles. The van der Waals surface area contributed by atoms with Crippen molar-refractivity contribution in [2.75, 3.05) is 26.7 Å². The molecule has 1 aromatic carbocycles. The number of likely N-dealkylation sites (N-methyl/N-ethyl adjacent to an activating group) is 1. The number of benzene rings is 1. The number of aromatic nitrogens is 4. The van der Waals surface area contributed by atoms with E-state index in [9.17, 15) is 9.59 Å². The van der Waals surface area contributed by atoms with Crippen molar-refractivity contribution in [1.82, 2.24) is 29.9 Å². The highest BCUT2D eigenvalue weighted by molar-refractivity contribution is 5.85. The van der Waals surface area contributed by atoms with Crippen LogP contribution >= 0.6 is 12.4 Å². The van der Waals surface area contributed by atoms with Gasteiger partial charge in [-0.1, -0.05) is 17.3 Å². The number of hydrogen-bond acceptors (Lipinski definition) is 7. The van der Waals surface area contributed by atoms with Crippen molar-refractivity contribution < 1.29 is 4.52 Å². The Hall–Kier alpha value is -2.49. The Morgan fingerprint density at radius 3 is 2.92 bits per heavy atom. The van der Waals surface area contributed by atoms with Gasteiger partial charge in [0.1, 0.15) is 6.54 Å². The van der Waals surface area contributed by atoms with Crippen molar-refractivity contribution in [1.29, 1.82) is 0 Å². The molecule has 4 rings (SSSR count). The summed E-state index contributed by atoms with van der Waals surface area (Å²) in [5, 5.41) is 7.74. The van der Waals surface area contributed by atoms with Crippen molar-refractivity contribution in [3.8, 4) is 0 Å². The third kappa shape index (κ3) is 3.28. The summed E-state index contributed by atoms with van der Waals surface area (Å²) in [5.74, 6) is 0.784. The lowest BCUT2D eigenvalue weighted by atomic mass is 10.2. The Morgan fingerprint density at radius 2 is 2.12 bits per heavy atom. The zero-order valence-electron chi connectivity index (χ0n) is 14.1. The monoisotopic (exact) mass is 378 g/mol. The molecule has 0 radical (unpaired) electrons. The van der Waals surface area contributed by atoms with Crippen LogP contribution < -0.4 is 16.6 Å². The van der Waals surface area contributed by atoms with Gasteiger partial charge in [0.2, 0.25) is 5.89 Å². The van der Waals surface area contributed by atoms with Gasteiger partial charge in [-0.15, -0.1) is 12.4 Å². The average molecular weight is 379 g/mol. The minimum atomic E-state index is -0.500. The molecule has 1 fully saturated rings. The van der Waals surface area contributed by atoms with Crippen LogP contribution in [0.5, 0.6) is 0 Å². The van der Waals surface area contributed by atoms with E-state index in [4.69, 9.17) is 4.52 Å². The van der Waals surface area contributed by atoms with Crippen molar-refractivity contribution in [3.63, 3.8) is 0 Å². The normalized spacial score (nSPS) is 18.0. The van der Waals surface area contributed by atoms with Crippen LogP contribution in [-0.4, -0.2) is 51.3 Å². The quantitative estimate of drug-likeness (QED) is 0.666. The summed E-state index contributed by atoms with van der Waals surface area (Å²) < 4.78 is 6.34. The van der Waals surface area contributed by atoms with E-state index >= 15 is 0 Å². The number of fused-ring (bicyclic) bond motifs is 1. The maximum absolute atomic E-state index is 12.5. The second-order valence-corrected chi connectivity index (χ2v) is 6.11. The molecule has 0 aliphatic carbocycles. The van der Waals surface area contributed by atoms with E-state index in [1.165, 1.54) is 0 Å². The number of nitrogens with one attached hydrogen (secondary N) is 2. The minimum Gasteiger partial charge on any atom is -0.337 e. The molecule has 1 aliphatic rings.